The highest BCUT2D eigenvalue weighted by Gasteiger charge is 2.32. The summed E-state index contributed by atoms with van der Waals surface area (Å²) < 4.78 is 51.3. The van der Waals surface area contributed by atoms with Crippen molar-refractivity contribution in [2.45, 2.75) is 12.7 Å². The van der Waals surface area contributed by atoms with E-state index in [4.69, 9.17) is 5.26 Å². The van der Waals surface area contributed by atoms with Gasteiger partial charge in [0.05, 0.1) is 23.9 Å². The van der Waals surface area contributed by atoms with Gasteiger partial charge in [0, 0.05) is 6.20 Å². The summed E-state index contributed by atoms with van der Waals surface area (Å²) in [5.74, 6) is -0.664. The third kappa shape index (κ3) is 2.91. The summed E-state index contributed by atoms with van der Waals surface area (Å²) in [6.45, 7) is 0.0328. The van der Waals surface area contributed by atoms with E-state index in [0.717, 1.165) is 16.9 Å². The van der Waals surface area contributed by atoms with E-state index in [0.29, 0.717) is 11.8 Å². The standard InChI is InChI=1S/C12H7F4N3/c13-11-2-1-8(3-9(11)4-17)6-19-7-10(5-18-19)12(14,15)16/h1-3,5,7H,6H2. The monoisotopic (exact) mass is 269 g/mol. The van der Waals surface area contributed by atoms with Gasteiger partial charge in [0.25, 0.3) is 0 Å². The normalized spacial score (nSPS) is 11.3. The molecule has 0 atom stereocenters. The van der Waals surface area contributed by atoms with Crippen LogP contribution >= 0.6 is 0 Å². The van der Waals surface area contributed by atoms with Crippen LogP contribution in [0.3, 0.4) is 0 Å². The van der Waals surface area contributed by atoms with Crippen molar-refractivity contribution >= 4 is 0 Å². The molecule has 2 rings (SSSR count). The maximum absolute atomic E-state index is 13.1. The summed E-state index contributed by atoms with van der Waals surface area (Å²) >= 11 is 0. The SMILES string of the molecule is N#Cc1cc(Cn2cc(C(F)(F)F)cn2)ccc1F. The number of alkyl halides is 3. The molecule has 19 heavy (non-hydrogen) atoms. The molecule has 1 heterocycles. The van der Waals surface area contributed by atoms with Crippen LogP contribution in [0.2, 0.25) is 0 Å². The third-order valence-corrected chi connectivity index (χ3v) is 2.46. The van der Waals surface area contributed by atoms with Gasteiger partial charge in [-0.05, 0) is 17.7 Å². The second-order valence-electron chi connectivity index (χ2n) is 3.85. The van der Waals surface area contributed by atoms with Crippen molar-refractivity contribution in [3.8, 4) is 6.07 Å². The zero-order chi connectivity index (χ0) is 14.0. The molecule has 0 saturated carbocycles. The number of nitriles is 1. The molecule has 0 fully saturated rings. The van der Waals surface area contributed by atoms with E-state index in [1.165, 1.54) is 12.1 Å². The number of benzene rings is 1. The van der Waals surface area contributed by atoms with Gasteiger partial charge in [-0.1, -0.05) is 6.07 Å². The molecule has 1 aromatic heterocycles. The van der Waals surface area contributed by atoms with Crippen LogP contribution in [-0.4, -0.2) is 9.78 Å². The molecule has 1 aromatic carbocycles. The Labute approximate surface area is 105 Å². The van der Waals surface area contributed by atoms with E-state index in [1.54, 1.807) is 6.07 Å². The van der Waals surface area contributed by atoms with Crippen molar-refractivity contribution in [3.05, 3.63) is 53.1 Å². The summed E-state index contributed by atoms with van der Waals surface area (Å²) in [5.41, 5.74) is -0.509. The molecule has 0 radical (unpaired) electrons. The lowest BCUT2D eigenvalue weighted by Gasteiger charge is -2.03. The van der Waals surface area contributed by atoms with Gasteiger partial charge < -0.3 is 0 Å². The van der Waals surface area contributed by atoms with Gasteiger partial charge in [-0.2, -0.15) is 23.5 Å². The lowest BCUT2D eigenvalue weighted by molar-refractivity contribution is -0.137. The van der Waals surface area contributed by atoms with Gasteiger partial charge in [-0.25, -0.2) is 4.39 Å². The molecule has 0 aliphatic heterocycles. The Balaban J connectivity index is 2.22. The van der Waals surface area contributed by atoms with Crippen LogP contribution in [0.1, 0.15) is 16.7 Å². The molecular weight excluding hydrogens is 262 g/mol. The number of halogens is 4. The quantitative estimate of drug-likeness (QED) is 0.786. The maximum atomic E-state index is 13.1. The van der Waals surface area contributed by atoms with E-state index >= 15 is 0 Å². The van der Waals surface area contributed by atoms with Crippen molar-refractivity contribution in [1.82, 2.24) is 9.78 Å². The van der Waals surface area contributed by atoms with Crippen LogP contribution in [0.5, 0.6) is 0 Å². The van der Waals surface area contributed by atoms with Gasteiger partial charge in [0.2, 0.25) is 0 Å². The predicted molar refractivity (Wildman–Crippen MR) is 57.4 cm³/mol. The highest BCUT2D eigenvalue weighted by atomic mass is 19.4. The summed E-state index contributed by atoms with van der Waals surface area (Å²) in [6, 6.07) is 5.44. The summed E-state index contributed by atoms with van der Waals surface area (Å²) in [7, 11) is 0. The molecule has 0 amide bonds. The second kappa shape index (κ2) is 4.72. The molecule has 2 aromatic rings. The van der Waals surface area contributed by atoms with Crippen molar-refractivity contribution in [3.63, 3.8) is 0 Å². The minimum absolute atomic E-state index is 0.0328. The Morgan fingerprint density at radius 1 is 1.32 bits per heavy atom. The average Bonchev–Trinajstić information content (AvgIpc) is 2.80. The van der Waals surface area contributed by atoms with Gasteiger partial charge in [-0.15, -0.1) is 0 Å². The van der Waals surface area contributed by atoms with E-state index in [9.17, 15) is 17.6 Å². The molecular formula is C12H7F4N3. The van der Waals surface area contributed by atoms with Crippen LogP contribution in [0.4, 0.5) is 17.6 Å². The number of hydrogen-bond donors (Lipinski definition) is 0. The molecule has 0 N–H and O–H groups in total. The van der Waals surface area contributed by atoms with Gasteiger partial charge >= 0.3 is 6.18 Å². The second-order valence-corrected chi connectivity index (χ2v) is 3.85. The number of hydrogen-bond acceptors (Lipinski definition) is 2. The van der Waals surface area contributed by atoms with Crippen molar-refractivity contribution in [2.24, 2.45) is 0 Å². The fraction of sp³-hybridized carbons (Fsp3) is 0.167. The van der Waals surface area contributed by atoms with Gasteiger partial charge in [-0.3, -0.25) is 4.68 Å². The first-order valence-electron chi connectivity index (χ1n) is 5.18. The first-order chi connectivity index (χ1) is 8.90. The van der Waals surface area contributed by atoms with E-state index in [-0.39, 0.29) is 12.1 Å². The smallest absolute Gasteiger partial charge is 0.268 e. The average molecular weight is 269 g/mol. The fourth-order valence-electron chi connectivity index (χ4n) is 1.54. The highest BCUT2D eigenvalue weighted by Crippen LogP contribution is 2.28. The maximum Gasteiger partial charge on any atom is 0.419 e. The summed E-state index contributed by atoms with van der Waals surface area (Å²) in [4.78, 5) is 0. The largest absolute Gasteiger partial charge is 0.419 e. The first-order valence-corrected chi connectivity index (χ1v) is 5.18. The van der Waals surface area contributed by atoms with Gasteiger partial charge in [0.15, 0.2) is 0 Å². The number of rotatable bonds is 2. The molecule has 0 aliphatic carbocycles. The molecule has 0 aliphatic rings. The van der Waals surface area contributed by atoms with Crippen LogP contribution in [-0.2, 0) is 12.7 Å². The fourth-order valence-corrected chi connectivity index (χ4v) is 1.54. The van der Waals surface area contributed by atoms with Crippen LogP contribution in [0.25, 0.3) is 0 Å². The third-order valence-electron chi connectivity index (χ3n) is 2.46. The number of aromatic nitrogens is 2. The van der Waals surface area contributed by atoms with Crippen LogP contribution in [0.15, 0.2) is 30.6 Å². The first kappa shape index (κ1) is 13.1. The highest BCUT2D eigenvalue weighted by molar-refractivity contribution is 5.34. The predicted octanol–water partition coefficient (Wildman–Crippen LogP) is 2.96. The Bertz CT molecular complexity index is 637. The van der Waals surface area contributed by atoms with E-state index in [2.05, 4.69) is 5.10 Å². The Kier molecular flexibility index (Phi) is 3.25. The zero-order valence-corrected chi connectivity index (χ0v) is 9.45. The summed E-state index contributed by atoms with van der Waals surface area (Å²) in [5, 5.41) is 12.2. The molecule has 0 spiro atoms. The minimum Gasteiger partial charge on any atom is -0.268 e. The van der Waals surface area contributed by atoms with Crippen molar-refractivity contribution < 1.29 is 17.6 Å². The number of nitrogens with zero attached hydrogens (tertiary/aromatic N) is 3. The topological polar surface area (TPSA) is 41.6 Å². The molecule has 3 nitrogen and oxygen atoms in total. The van der Waals surface area contributed by atoms with E-state index in [1.807, 2.05) is 0 Å². The van der Waals surface area contributed by atoms with Crippen LogP contribution in [0, 0.1) is 17.1 Å². The van der Waals surface area contributed by atoms with Crippen LogP contribution < -0.4 is 0 Å². The molecule has 98 valence electrons. The van der Waals surface area contributed by atoms with Crippen molar-refractivity contribution in [1.29, 1.82) is 5.26 Å². The summed E-state index contributed by atoms with van der Waals surface area (Å²) in [6.07, 6.45) is -2.87. The lowest BCUT2D eigenvalue weighted by atomic mass is 10.1. The zero-order valence-electron chi connectivity index (χ0n) is 9.45. The Hall–Kier alpha value is -2.36. The Morgan fingerprint density at radius 2 is 2.05 bits per heavy atom. The molecule has 0 saturated heterocycles. The van der Waals surface area contributed by atoms with Crippen molar-refractivity contribution in [2.75, 3.05) is 0 Å². The molecule has 0 unspecified atom stereocenters. The minimum atomic E-state index is -4.45. The molecule has 7 heteroatoms. The lowest BCUT2D eigenvalue weighted by Crippen LogP contribution is -2.04. The van der Waals surface area contributed by atoms with E-state index < -0.39 is 17.6 Å². The van der Waals surface area contributed by atoms with Gasteiger partial charge in [0.1, 0.15) is 11.9 Å². The molecule has 0 bridgehead atoms. The Morgan fingerprint density at radius 3 is 2.63 bits per heavy atom.